The number of fused-ring (bicyclic) bond motifs is 1. The lowest BCUT2D eigenvalue weighted by Crippen LogP contribution is -2.03. The number of rotatable bonds is 1. The molecule has 74 valence electrons. The fourth-order valence-electron chi connectivity index (χ4n) is 1.35. The first-order valence-corrected chi connectivity index (χ1v) is 5.04. The normalized spacial score (nSPS) is 13.4. The molecule has 1 nitrogen and oxygen atoms in total. The van der Waals surface area contributed by atoms with Crippen molar-refractivity contribution in [2.24, 2.45) is 5.73 Å². The predicted molar refractivity (Wildman–Crippen MR) is 54.3 cm³/mol. The van der Waals surface area contributed by atoms with Gasteiger partial charge in [-0.2, -0.15) is 0 Å². The van der Waals surface area contributed by atoms with Crippen LogP contribution in [0.4, 0.5) is 8.78 Å². The Morgan fingerprint density at radius 1 is 1.36 bits per heavy atom. The molecule has 1 aromatic heterocycles. The van der Waals surface area contributed by atoms with Crippen molar-refractivity contribution in [3.8, 4) is 0 Å². The van der Waals surface area contributed by atoms with E-state index >= 15 is 0 Å². The molecule has 1 heterocycles. The highest BCUT2D eigenvalue weighted by Crippen LogP contribution is 2.33. The van der Waals surface area contributed by atoms with E-state index < -0.39 is 0 Å². The minimum absolute atomic E-state index is 0.319. The molecule has 2 N–H and O–H groups in total. The number of hydrogen-bond donors (Lipinski definition) is 1. The third-order valence-corrected chi connectivity index (χ3v) is 3.36. The van der Waals surface area contributed by atoms with Gasteiger partial charge in [0, 0.05) is 16.1 Å². The van der Waals surface area contributed by atoms with E-state index in [9.17, 15) is 8.78 Å². The van der Waals surface area contributed by atoms with Crippen LogP contribution in [-0.2, 0) is 0 Å². The molecule has 0 amide bonds. The molecule has 1 aromatic carbocycles. The van der Waals surface area contributed by atoms with Crippen molar-refractivity contribution >= 4 is 21.4 Å². The van der Waals surface area contributed by atoms with Gasteiger partial charge in [-0.05, 0) is 25.1 Å². The Morgan fingerprint density at radius 2 is 2.07 bits per heavy atom. The van der Waals surface area contributed by atoms with Crippen LogP contribution >= 0.6 is 11.3 Å². The molecule has 1 unspecified atom stereocenters. The Labute approximate surface area is 84.2 Å². The zero-order chi connectivity index (χ0) is 10.3. The van der Waals surface area contributed by atoms with E-state index in [0.717, 1.165) is 0 Å². The molecule has 1 atom stereocenters. The first kappa shape index (κ1) is 9.55. The van der Waals surface area contributed by atoms with Crippen LogP contribution in [0.25, 0.3) is 10.1 Å². The summed E-state index contributed by atoms with van der Waals surface area (Å²) in [5.74, 6) is -0.671. The summed E-state index contributed by atoms with van der Waals surface area (Å²) in [5.41, 5.74) is 5.59. The molecule has 2 rings (SSSR count). The number of benzene rings is 1. The van der Waals surface area contributed by atoms with Gasteiger partial charge in [0.05, 0.1) is 4.88 Å². The highest BCUT2D eigenvalue weighted by molar-refractivity contribution is 7.19. The molecule has 0 aliphatic heterocycles. The third kappa shape index (κ3) is 1.40. The van der Waals surface area contributed by atoms with E-state index in [1.165, 1.54) is 29.5 Å². The summed E-state index contributed by atoms with van der Waals surface area (Å²) in [5, 5.41) is 0.448. The quantitative estimate of drug-likeness (QED) is 0.773. The summed E-state index contributed by atoms with van der Waals surface area (Å²) in [4.78, 5) is 0.477. The van der Waals surface area contributed by atoms with Crippen LogP contribution in [0.2, 0.25) is 0 Å². The van der Waals surface area contributed by atoms with E-state index in [4.69, 9.17) is 5.73 Å². The molecule has 2 aromatic rings. The topological polar surface area (TPSA) is 26.0 Å². The number of halogens is 2. The lowest BCUT2D eigenvalue weighted by atomic mass is 10.2. The maximum atomic E-state index is 13.6. The molecule has 14 heavy (non-hydrogen) atoms. The van der Waals surface area contributed by atoms with Crippen LogP contribution in [0.1, 0.15) is 17.8 Å². The Balaban J connectivity index is 2.73. The second-order valence-electron chi connectivity index (χ2n) is 3.21. The van der Waals surface area contributed by atoms with Crippen LogP contribution in [0.3, 0.4) is 0 Å². The van der Waals surface area contributed by atoms with Crippen LogP contribution in [0.5, 0.6) is 0 Å². The van der Waals surface area contributed by atoms with E-state index in [0.29, 0.717) is 15.0 Å². The standard InChI is InChI=1S/C10H9F2NS/c1-5(13)10-9(12)7-3-2-6(11)4-8(7)14-10/h2-5H,13H2,1H3. The van der Waals surface area contributed by atoms with Gasteiger partial charge in [-0.25, -0.2) is 8.78 Å². The number of thiophene rings is 1. The molecule has 0 aliphatic rings. The van der Waals surface area contributed by atoms with Crippen molar-refractivity contribution in [2.45, 2.75) is 13.0 Å². The molecule has 0 radical (unpaired) electrons. The van der Waals surface area contributed by atoms with Crippen LogP contribution < -0.4 is 5.73 Å². The van der Waals surface area contributed by atoms with Gasteiger partial charge in [-0.15, -0.1) is 11.3 Å². The zero-order valence-electron chi connectivity index (χ0n) is 7.55. The van der Waals surface area contributed by atoms with Crippen molar-refractivity contribution in [1.29, 1.82) is 0 Å². The fraction of sp³-hybridized carbons (Fsp3) is 0.200. The van der Waals surface area contributed by atoms with Crippen molar-refractivity contribution in [2.75, 3.05) is 0 Å². The van der Waals surface area contributed by atoms with E-state index in [2.05, 4.69) is 0 Å². The molecule has 0 saturated carbocycles. The second kappa shape index (κ2) is 3.29. The summed E-state index contributed by atoms with van der Waals surface area (Å²) < 4.78 is 27.1. The van der Waals surface area contributed by atoms with Gasteiger partial charge in [-0.3, -0.25) is 0 Å². The van der Waals surface area contributed by atoms with Crippen molar-refractivity contribution in [3.63, 3.8) is 0 Å². The van der Waals surface area contributed by atoms with Gasteiger partial charge in [-0.1, -0.05) is 0 Å². The van der Waals surface area contributed by atoms with Crippen molar-refractivity contribution in [3.05, 3.63) is 34.7 Å². The van der Waals surface area contributed by atoms with Gasteiger partial charge in [0.15, 0.2) is 0 Å². The SMILES string of the molecule is CC(N)c1sc2cc(F)ccc2c1F. The predicted octanol–water partition coefficient (Wildman–Crippen LogP) is 3.20. The summed E-state index contributed by atoms with van der Waals surface area (Å²) in [7, 11) is 0. The third-order valence-electron chi connectivity index (χ3n) is 2.03. The summed E-state index contributed by atoms with van der Waals surface area (Å²) in [6.45, 7) is 1.71. The average molecular weight is 213 g/mol. The molecule has 0 aliphatic carbocycles. The Morgan fingerprint density at radius 3 is 2.71 bits per heavy atom. The second-order valence-corrected chi connectivity index (χ2v) is 4.29. The highest BCUT2D eigenvalue weighted by Gasteiger charge is 2.14. The monoisotopic (exact) mass is 213 g/mol. The summed E-state index contributed by atoms with van der Waals surface area (Å²) in [6, 6.07) is 3.68. The lowest BCUT2D eigenvalue weighted by molar-refractivity contribution is 0.613. The minimum Gasteiger partial charge on any atom is -0.323 e. The Bertz CT molecular complexity index is 476. The highest BCUT2D eigenvalue weighted by atomic mass is 32.1. The largest absolute Gasteiger partial charge is 0.323 e. The Hall–Kier alpha value is -1.00. The van der Waals surface area contributed by atoms with Crippen molar-refractivity contribution < 1.29 is 8.78 Å². The first-order valence-electron chi connectivity index (χ1n) is 4.22. The van der Waals surface area contributed by atoms with Gasteiger partial charge in [0.25, 0.3) is 0 Å². The Kier molecular flexibility index (Phi) is 2.25. The molecule has 0 spiro atoms. The summed E-state index contributed by atoms with van der Waals surface area (Å²) >= 11 is 1.21. The molecule has 0 bridgehead atoms. The van der Waals surface area contributed by atoms with Gasteiger partial charge in [0.2, 0.25) is 0 Å². The molecular weight excluding hydrogens is 204 g/mol. The van der Waals surface area contributed by atoms with E-state index in [1.54, 1.807) is 6.92 Å². The zero-order valence-corrected chi connectivity index (χ0v) is 8.37. The van der Waals surface area contributed by atoms with Gasteiger partial charge < -0.3 is 5.73 Å². The molecule has 0 saturated heterocycles. The maximum Gasteiger partial charge on any atom is 0.146 e. The van der Waals surface area contributed by atoms with Crippen molar-refractivity contribution in [1.82, 2.24) is 0 Å². The number of nitrogens with two attached hydrogens (primary N) is 1. The maximum absolute atomic E-state index is 13.6. The molecular formula is C10H9F2NS. The van der Waals surface area contributed by atoms with Gasteiger partial charge in [0.1, 0.15) is 11.6 Å². The smallest absolute Gasteiger partial charge is 0.146 e. The van der Waals surface area contributed by atoms with E-state index in [1.807, 2.05) is 0 Å². The lowest BCUT2D eigenvalue weighted by Gasteiger charge is -1.99. The summed E-state index contributed by atoms with van der Waals surface area (Å²) in [6.07, 6.45) is 0. The number of hydrogen-bond acceptors (Lipinski definition) is 2. The minimum atomic E-state index is -0.352. The first-order chi connectivity index (χ1) is 6.59. The van der Waals surface area contributed by atoms with Crippen LogP contribution in [0, 0.1) is 11.6 Å². The van der Waals surface area contributed by atoms with Gasteiger partial charge >= 0.3 is 0 Å². The average Bonchev–Trinajstić information content (AvgIpc) is 2.43. The molecule has 4 heteroatoms. The van der Waals surface area contributed by atoms with Crippen LogP contribution in [0.15, 0.2) is 18.2 Å². The van der Waals surface area contributed by atoms with Crippen LogP contribution in [-0.4, -0.2) is 0 Å². The molecule has 0 fully saturated rings. The fourth-order valence-corrected chi connectivity index (χ4v) is 2.41. The van der Waals surface area contributed by atoms with E-state index in [-0.39, 0.29) is 17.7 Å².